The van der Waals surface area contributed by atoms with E-state index in [4.69, 9.17) is 16.3 Å². The van der Waals surface area contributed by atoms with Gasteiger partial charge in [0.05, 0.1) is 11.6 Å². The third-order valence-corrected chi connectivity index (χ3v) is 5.27. The molecule has 0 fully saturated rings. The predicted molar refractivity (Wildman–Crippen MR) is 105 cm³/mol. The highest BCUT2D eigenvalue weighted by atomic mass is 35.5. The maximum Gasteiger partial charge on any atom is 0.416 e. The number of carbonyl (C=O) groups excluding carboxylic acids is 1. The number of carbonyl (C=O) groups is 1. The van der Waals surface area contributed by atoms with Crippen LogP contribution in [0.15, 0.2) is 48.5 Å². The van der Waals surface area contributed by atoms with Gasteiger partial charge in [-0.05, 0) is 29.7 Å². The van der Waals surface area contributed by atoms with Crippen molar-refractivity contribution in [2.45, 2.75) is 32.1 Å². The van der Waals surface area contributed by atoms with Gasteiger partial charge in [-0.15, -0.1) is 0 Å². The van der Waals surface area contributed by atoms with E-state index in [2.05, 4.69) is 0 Å². The molecule has 0 unspecified atom stereocenters. The molecule has 1 heterocycles. The van der Waals surface area contributed by atoms with Crippen LogP contribution in [0.5, 0.6) is 0 Å². The van der Waals surface area contributed by atoms with E-state index >= 15 is 0 Å². The number of nitro groups is 1. The van der Waals surface area contributed by atoms with Crippen molar-refractivity contribution in [1.82, 2.24) is 0 Å². The Morgan fingerprint density at radius 2 is 2.00 bits per heavy atom. The Balaban J connectivity index is 1.94. The molecule has 2 aromatic rings. The highest BCUT2D eigenvalue weighted by molar-refractivity contribution is 6.31. The van der Waals surface area contributed by atoms with Crippen LogP contribution in [0.3, 0.4) is 0 Å². The summed E-state index contributed by atoms with van der Waals surface area (Å²) in [4.78, 5) is 24.7. The average molecular weight is 405 g/mol. The molecule has 0 saturated heterocycles. The van der Waals surface area contributed by atoms with Gasteiger partial charge in [0.25, 0.3) is 0 Å². The Kier molecular flexibility index (Phi) is 6.16. The second-order valence-corrected chi connectivity index (χ2v) is 7.16. The zero-order valence-electron chi connectivity index (χ0n) is 15.3. The fourth-order valence-electron chi connectivity index (χ4n) is 3.70. The highest BCUT2D eigenvalue weighted by Gasteiger charge is 2.44. The van der Waals surface area contributed by atoms with Crippen LogP contribution in [-0.4, -0.2) is 28.9 Å². The zero-order valence-corrected chi connectivity index (χ0v) is 16.1. The molecular formula is C20H21ClN2O5. The first-order valence-electron chi connectivity index (χ1n) is 9.01. The van der Waals surface area contributed by atoms with Crippen LogP contribution in [0.25, 0.3) is 0 Å². The molecule has 1 N–H and O–H groups in total. The van der Waals surface area contributed by atoms with Gasteiger partial charge in [-0.25, -0.2) is 4.79 Å². The summed E-state index contributed by atoms with van der Waals surface area (Å²) in [6.45, 7) is 1.54. The zero-order chi connectivity index (χ0) is 20.3. The summed E-state index contributed by atoms with van der Waals surface area (Å²) in [5, 5.41) is 22.4. The highest BCUT2D eigenvalue weighted by Crippen LogP contribution is 2.44. The van der Waals surface area contributed by atoms with Crippen LogP contribution in [0.2, 0.25) is 5.02 Å². The monoisotopic (exact) mass is 404 g/mol. The van der Waals surface area contributed by atoms with Crippen molar-refractivity contribution in [2.24, 2.45) is 5.92 Å². The van der Waals surface area contributed by atoms with Crippen LogP contribution in [0.4, 0.5) is 10.5 Å². The Labute approximate surface area is 167 Å². The molecule has 2 aromatic carbocycles. The minimum atomic E-state index is -1.25. The normalized spacial score (nSPS) is 21.1. The fourth-order valence-corrected chi connectivity index (χ4v) is 3.86. The molecule has 1 amide bonds. The number of halogens is 1. The van der Waals surface area contributed by atoms with E-state index in [-0.39, 0.29) is 13.2 Å². The van der Waals surface area contributed by atoms with E-state index in [0.717, 1.165) is 10.5 Å². The average Bonchev–Trinajstić information content (AvgIpc) is 2.67. The first kappa shape index (κ1) is 20.1. The van der Waals surface area contributed by atoms with Crippen LogP contribution >= 0.6 is 11.6 Å². The minimum Gasteiger partial charge on any atom is -0.444 e. The molecule has 28 heavy (non-hydrogen) atoms. The van der Waals surface area contributed by atoms with Crippen molar-refractivity contribution < 1.29 is 19.6 Å². The number of anilines is 1. The van der Waals surface area contributed by atoms with Gasteiger partial charge in [-0.3, -0.25) is 15.0 Å². The predicted octanol–water partition coefficient (Wildman–Crippen LogP) is 4.20. The number of fused-ring (bicyclic) bond motifs is 1. The third-order valence-electron chi connectivity index (χ3n) is 5.03. The molecule has 1 aliphatic heterocycles. The van der Waals surface area contributed by atoms with Gasteiger partial charge >= 0.3 is 6.09 Å². The van der Waals surface area contributed by atoms with Gasteiger partial charge in [0.1, 0.15) is 12.8 Å². The summed E-state index contributed by atoms with van der Waals surface area (Å²) in [6, 6.07) is 14.0. The van der Waals surface area contributed by atoms with Crippen LogP contribution in [0, 0.1) is 16.0 Å². The maximum atomic E-state index is 12.8. The lowest BCUT2D eigenvalue weighted by Crippen LogP contribution is -2.51. The van der Waals surface area contributed by atoms with E-state index in [0.29, 0.717) is 22.7 Å². The lowest BCUT2D eigenvalue weighted by Gasteiger charge is -2.41. The first-order valence-corrected chi connectivity index (χ1v) is 9.39. The van der Waals surface area contributed by atoms with E-state index in [9.17, 15) is 20.0 Å². The molecule has 0 spiro atoms. The number of rotatable bonds is 5. The maximum absolute atomic E-state index is 12.8. The Morgan fingerprint density at radius 3 is 2.64 bits per heavy atom. The molecule has 0 radical (unpaired) electrons. The molecule has 0 bridgehead atoms. The minimum absolute atomic E-state index is 0.0495. The van der Waals surface area contributed by atoms with Gasteiger partial charge in [-0.1, -0.05) is 54.9 Å². The number of aliphatic hydroxyl groups is 1. The van der Waals surface area contributed by atoms with E-state index < -0.39 is 29.1 Å². The number of aliphatic hydroxyl groups excluding tert-OH is 1. The second-order valence-electron chi connectivity index (χ2n) is 6.72. The molecule has 0 aromatic heterocycles. The largest absolute Gasteiger partial charge is 0.444 e. The lowest BCUT2D eigenvalue weighted by molar-refractivity contribution is -0.485. The number of amides is 1. The number of hydrogen-bond donors (Lipinski definition) is 1. The number of ether oxygens (including phenoxy) is 1. The molecule has 3 rings (SSSR count). The summed E-state index contributed by atoms with van der Waals surface area (Å²) in [7, 11) is 0. The SMILES string of the molecule is CC[C@@H]1[C@H](C[N+](=O)[O-])c2ccc(Cl)cc2N(C(=O)OCc2ccccc2)[C@@H]1O. The van der Waals surface area contributed by atoms with Gasteiger partial charge in [0, 0.05) is 15.9 Å². The molecule has 7 nitrogen and oxygen atoms in total. The molecule has 0 saturated carbocycles. The Hall–Kier alpha value is -2.64. The number of nitrogens with zero attached hydrogens (tertiary/aromatic N) is 2. The van der Waals surface area contributed by atoms with Gasteiger partial charge in [-0.2, -0.15) is 0 Å². The molecular weight excluding hydrogens is 384 g/mol. The molecule has 148 valence electrons. The Morgan fingerprint density at radius 1 is 1.29 bits per heavy atom. The summed E-state index contributed by atoms with van der Waals surface area (Å²) >= 11 is 6.10. The lowest BCUT2D eigenvalue weighted by atomic mass is 9.78. The quantitative estimate of drug-likeness (QED) is 0.595. The van der Waals surface area contributed by atoms with Gasteiger partial charge < -0.3 is 9.84 Å². The fraction of sp³-hybridized carbons (Fsp3) is 0.350. The first-order chi connectivity index (χ1) is 13.4. The topological polar surface area (TPSA) is 92.9 Å². The van der Waals surface area contributed by atoms with Crippen molar-refractivity contribution in [1.29, 1.82) is 0 Å². The van der Waals surface area contributed by atoms with Crippen molar-refractivity contribution in [3.63, 3.8) is 0 Å². The van der Waals surface area contributed by atoms with Crippen LogP contribution in [-0.2, 0) is 11.3 Å². The van der Waals surface area contributed by atoms with Gasteiger partial charge in [0.2, 0.25) is 6.54 Å². The van der Waals surface area contributed by atoms with Crippen LogP contribution in [0.1, 0.15) is 30.4 Å². The molecule has 0 aliphatic carbocycles. The molecule has 8 heteroatoms. The number of benzene rings is 2. The summed E-state index contributed by atoms with van der Waals surface area (Å²) in [5.41, 5.74) is 1.76. The van der Waals surface area contributed by atoms with Crippen molar-refractivity contribution in [3.05, 3.63) is 74.8 Å². The second kappa shape index (κ2) is 8.58. The van der Waals surface area contributed by atoms with Crippen molar-refractivity contribution in [3.8, 4) is 0 Å². The number of hydrogen-bond acceptors (Lipinski definition) is 5. The van der Waals surface area contributed by atoms with Crippen LogP contribution < -0.4 is 4.90 Å². The summed E-state index contributed by atoms with van der Waals surface area (Å²) in [5.74, 6) is -1.02. The standard InChI is InChI=1S/C20H21ClN2O5/c1-2-15-17(11-22(26)27)16-9-8-14(21)10-18(16)23(19(15)24)20(25)28-12-13-6-4-3-5-7-13/h3-10,15,17,19,24H,2,11-12H2,1H3/t15-,17+,19-/m1/s1. The summed E-state index contributed by atoms with van der Waals surface area (Å²) < 4.78 is 5.39. The van der Waals surface area contributed by atoms with Crippen molar-refractivity contribution in [2.75, 3.05) is 11.4 Å². The third kappa shape index (κ3) is 4.10. The smallest absolute Gasteiger partial charge is 0.416 e. The van der Waals surface area contributed by atoms with E-state index in [1.165, 1.54) is 6.07 Å². The molecule has 1 aliphatic rings. The molecule has 3 atom stereocenters. The van der Waals surface area contributed by atoms with Gasteiger partial charge in [0.15, 0.2) is 0 Å². The van der Waals surface area contributed by atoms with E-state index in [1.54, 1.807) is 12.1 Å². The summed E-state index contributed by atoms with van der Waals surface area (Å²) in [6.07, 6.45) is -1.51. The van der Waals surface area contributed by atoms with Crippen molar-refractivity contribution >= 4 is 23.4 Å². The van der Waals surface area contributed by atoms with E-state index in [1.807, 2.05) is 37.3 Å². The Bertz CT molecular complexity index is 861.